The van der Waals surface area contributed by atoms with Gasteiger partial charge < -0.3 is 0 Å². The minimum atomic E-state index is 0.392. The number of hydrazine groups is 1. The number of benzene rings is 2. The van der Waals surface area contributed by atoms with Crippen LogP contribution in [0, 0.1) is 6.92 Å². The largest absolute Gasteiger partial charge is 0.271 e. The standard InChI is InChI=1S/C19H24N2/c1-14-6-2-3-7-15(14)10-11-18(21-20)13-17-12-16-8-4-5-9-19(16)17/h2-9,17-18,21H,10-13,20H2,1H3. The molecule has 2 aromatic rings. The number of fused-ring (bicyclic) bond motifs is 1. The van der Waals surface area contributed by atoms with Crippen LogP contribution in [0.4, 0.5) is 0 Å². The lowest BCUT2D eigenvalue weighted by atomic mass is 9.74. The first-order chi connectivity index (χ1) is 10.3. The van der Waals surface area contributed by atoms with Crippen molar-refractivity contribution < 1.29 is 0 Å². The highest BCUT2D eigenvalue weighted by Gasteiger charge is 2.27. The van der Waals surface area contributed by atoms with Gasteiger partial charge in [-0.1, -0.05) is 48.5 Å². The summed E-state index contributed by atoms with van der Waals surface area (Å²) in [6, 6.07) is 17.8. The van der Waals surface area contributed by atoms with Gasteiger partial charge in [-0.3, -0.25) is 11.3 Å². The maximum absolute atomic E-state index is 5.77. The molecule has 3 rings (SSSR count). The summed E-state index contributed by atoms with van der Waals surface area (Å²) >= 11 is 0. The Morgan fingerprint density at radius 3 is 2.67 bits per heavy atom. The zero-order valence-electron chi connectivity index (χ0n) is 12.7. The van der Waals surface area contributed by atoms with E-state index in [4.69, 9.17) is 5.84 Å². The number of rotatable bonds is 6. The van der Waals surface area contributed by atoms with Crippen LogP contribution in [0.15, 0.2) is 48.5 Å². The van der Waals surface area contributed by atoms with Crippen molar-refractivity contribution in [3.05, 3.63) is 70.8 Å². The zero-order valence-corrected chi connectivity index (χ0v) is 12.7. The van der Waals surface area contributed by atoms with Crippen LogP contribution in [0.3, 0.4) is 0 Å². The van der Waals surface area contributed by atoms with Gasteiger partial charge in [0.15, 0.2) is 0 Å². The summed E-state index contributed by atoms with van der Waals surface area (Å²) in [5.74, 6) is 6.45. The van der Waals surface area contributed by atoms with Gasteiger partial charge in [-0.15, -0.1) is 0 Å². The van der Waals surface area contributed by atoms with Gasteiger partial charge in [-0.2, -0.15) is 0 Å². The van der Waals surface area contributed by atoms with E-state index in [1.807, 2.05) is 0 Å². The second-order valence-corrected chi connectivity index (χ2v) is 6.16. The molecule has 0 spiro atoms. The molecule has 2 heteroatoms. The molecule has 0 bridgehead atoms. The van der Waals surface area contributed by atoms with Crippen molar-refractivity contribution in [1.82, 2.24) is 5.43 Å². The van der Waals surface area contributed by atoms with Crippen LogP contribution < -0.4 is 11.3 Å². The minimum absolute atomic E-state index is 0.392. The fourth-order valence-electron chi connectivity index (χ4n) is 3.41. The first-order valence-electron chi connectivity index (χ1n) is 7.86. The molecule has 1 aliphatic carbocycles. The second kappa shape index (κ2) is 6.42. The number of nitrogens with two attached hydrogens (primary N) is 1. The van der Waals surface area contributed by atoms with Crippen LogP contribution in [0.2, 0.25) is 0 Å². The Hall–Kier alpha value is -1.64. The van der Waals surface area contributed by atoms with E-state index >= 15 is 0 Å². The van der Waals surface area contributed by atoms with E-state index < -0.39 is 0 Å². The molecular formula is C19H24N2. The molecule has 0 aliphatic heterocycles. The number of hydrogen-bond donors (Lipinski definition) is 2. The van der Waals surface area contributed by atoms with Crippen molar-refractivity contribution >= 4 is 0 Å². The fourth-order valence-corrected chi connectivity index (χ4v) is 3.41. The van der Waals surface area contributed by atoms with Gasteiger partial charge in [-0.05, 0) is 60.8 Å². The van der Waals surface area contributed by atoms with Crippen molar-refractivity contribution in [3.63, 3.8) is 0 Å². The Bertz CT molecular complexity index is 606. The van der Waals surface area contributed by atoms with Crippen molar-refractivity contribution in [2.45, 2.75) is 44.6 Å². The van der Waals surface area contributed by atoms with Crippen molar-refractivity contribution in [1.29, 1.82) is 0 Å². The van der Waals surface area contributed by atoms with Crippen LogP contribution in [0.1, 0.15) is 41.0 Å². The lowest BCUT2D eigenvalue weighted by Gasteiger charge is -2.33. The Morgan fingerprint density at radius 1 is 1.14 bits per heavy atom. The lowest BCUT2D eigenvalue weighted by Crippen LogP contribution is -2.38. The molecule has 2 atom stereocenters. The van der Waals surface area contributed by atoms with Crippen LogP contribution in [0.5, 0.6) is 0 Å². The molecule has 3 N–H and O–H groups in total. The highest BCUT2D eigenvalue weighted by molar-refractivity contribution is 5.40. The number of hydrogen-bond acceptors (Lipinski definition) is 2. The minimum Gasteiger partial charge on any atom is -0.271 e. The van der Waals surface area contributed by atoms with Gasteiger partial charge in [0.25, 0.3) is 0 Å². The van der Waals surface area contributed by atoms with Crippen LogP contribution in [0.25, 0.3) is 0 Å². The third-order valence-corrected chi connectivity index (χ3v) is 4.79. The molecule has 0 saturated heterocycles. The van der Waals surface area contributed by atoms with Gasteiger partial charge in [-0.25, -0.2) is 0 Å². The Balaban J connectivity index is 1.56. The SMILES string of the molecule is Cc1ccccc1CCC(CC1Cc2ccccc21)NN. The second-order valence-electron chi connectivity index (χ2n) is 6.16. The normalized spacial score (nSPS) is 17.9. The molecule has 0 saturated carbocycles. The highest BCUT2D eigenvalue weighted by Crippen LogP contribution is 2.38. The van der Waals surface area contributed by atoms with E-state index in [9.17, 15) is 0 Å². The smallest absolute Gasteiger partial charge is 0.0219 e. The summed E-state index contributed by atoms with van der Waals surface area (Å²) in [6.45, 7) is 2.18. The predicted molar refractivity (Wildman–Crippen MR) is 88.1 cm³/mol. The third-order valence-electron chi connectivity index (χ3n) is 4.79. The van der Waals surface area contributed by atoms with E-state index in [-0.39, 0.29) is 0 Å². The maximum atomic E-state index is 5.77. The van der Waals surface area contributed by atoms with Gasteiger partial charge in [0, 0.05) is 6.04 Å². The van der Waals surface area contributed by atoms with Crippen LogP contribution >= 0.6 is 0 Å². The summed E-state index contributed by atoms with van der Waals surface area (Å²) in [5, 5.41) is 0. The molecule has 0 heterocycles. The van der Waals surface area contributed by atoms with E-state index in [2.05, 4.69) is 60.9 Å². The summed E-state index contributed by atoms with van der Waals surface area (Å²) in [5.41, 5.74) is 8.87. The topological polar surface area (TPSA) is 38.0 Å². The van der Waals surface area contributed by atoms with E-state index in [0.717, 1.165) is 19.3 Å². The molecule has 2 nitrogen and oxygen atoms in total. The maximum Gasteiger partial charge on any atom is 0.0219 e. The molecule has 21 heavy (non-hydrogen) atoms. The molecule has 2 aromatic carbocycles. The molecule has 2 unspecified atom stereocenters. The molecule has 0 aromatic heterocycles. The molecule has 110 valence electrons. The van der Waals surface area contributed by atoms with Crippen molar-refractivity contribution in [2.75, 3.05) is 0 Å². The van der Waals surface area contributed by atoms with Gasteiger partial charge in [0.1, 0.15) is 0 Å². The van der Waals surface area contributed by atoms with Crippen molar-refractivity contribution in [2.24, 2.45) is 5.84 Å². The summed E-state index contributed by atoms with van der Waals surface area (Å²) in [6.07, 6.45) is 4.54. The summed E-state index contributed by atoms with van der Waals surface area (Å²) in [4.78, 5) is 0. The van der Waals surface area contributed by atoms with Gasteiger partial charge in [0.2, 0.25) is 0 Å². The fraction of sp³-hybridized carbons (Fsp3) is 0.368. The molecule has 1 aliphatic rings. The predicted octanol–water partition coefficient (Wildman–Crippen LogP) is 3.49. The molecular weight excluding hydrogens is 256 g/mol. The summed E-state index contributed by atoms with van der Waals surface area (Å²) in [7, 11) is 0. The average Bonchev–Trinajstić information content (AvgIpc) is 2.49. The number of nitrogens with one attached hydrogen (secondary N) is 1. The zero-order chi connectivity index (χ0) is 14.7. The lowest BCUT2D eigenvalue weighted by molar-refractivity contribution is 0.404. The van der Waals surface area contributed by atoms with Gasteiger partial charge >= 0.3 is 0 Å². The van der Waals surface area contributed by atoms with Gasteiger partial charge in [0.05, 0.1) is 0 Å². The first-order valence-corrected chi connectivity index (χ1v) is 7.86. The average molecular weight is 280 g/mol. The van der Waals surface area contributed by atoms with Crippen LogP contribution in [-0.2, 0) is 12.8 Å². The number of aryl methyl sites for hydroxylation is 2. The Labute approximate surface area is 127 Å². The quantitative estimate of drug-likeness (QED) is 0.628. The van der Waals surface area contributed by atoms with E-state index in [0.29, 0.717) is 12.0 Å². The Morgan fingerprint density at radius 2 is 1.90 bits per heavy atom. The van der Waals surface area contributed by atoms with E-state index in [1.165, 1.54) is 28.7 Å². The highest BCUT2D eigenvalue weighted by atomic mass is 15.2. The third kappa shape index (κ3) is 3.17. The molecule has 0 radical (unpaired) electrons. The van der Waals surface area contributed by atoms with Crippen LogP contribution in [-0.4, -0.2) is 6.04 Å². The Kier molecular flexibility index (Phi) is 4.37. The first kappa shape index (κ1) is 14.3. The molecule has 0 amide bonds. The molecule has 0 fully saturated rings. The monoisotopic (exact) mass is 280 g/mol. The van der Waals surface area contributed by atoms with E-state index in [1.54, 1.807) is 0 Å². The summed E-state index contributed by atoms with van der Waals surface area (Å²) < 4.78 is 0. The van der Waals surface area contributed by atoms with Crippen molar-refractivity contribution in [3.8, 4) is 0 Å².